The van der Waals surface area contributed by atoms with Gasteiger partial charge in [-0.15, -0.1) is 11.3 Å². The van der Waals surface area contributed by atoms with E-state index < -0.39 is 0 Å². The first-order valence-electron chi connectivity index (χ1n) is 7.52. The molecule has 3 rings (SSSR count). The molecule has 23 heavy (non-hydrogen) atoms. The van der Waals surface area contributed by atoms with Crippen LogP contribution in [0.2, 0.25) is 0 Å². The molecule has 0 saturated heterocycles. The summed E-state index contributed by atoms with van der Waals surface area (Å²) in [7, 11) is 1.90. The van der Waals surface area contributed by atoms with Crippen molar-refractivity contribution in [3.8, 4) is 22.5 Å². The molecule has 2 aromatic heterocycles. The third-order valence-corrected chi connectivity index (χ3v) is 4.14. The van der Waals surface area contributed by atoms with Crippen LogP contribution in [0.25, 0.3) is 22.5 Å². The predicted molar refractivity (Wildman–Crippen MR) is 93.3 cm³/mol. The number of benzene rings is 1. The highest BCUT2D eigenvalue weighted by Gasteiger charge is 2.15. The number of hydrogen-bond donors (Lipinski definition) is 1. The van der Waals surface area contributed by atoms with Gasteiger partial charge in [0.25, 0.3) is 0 Å². The number of thiazole rings is 1. The number of amides is 1. The second kappa shape index (κ2) is 6.75. The monoisotopic (exact) mass is 326 g/mol. The molecule has 0 aliphatic rings. The van der Waals surface area contributed by atoms with Crippen molar-refractivity contribution in [3.63, 3.8) is 0 Å². The van der Waals surface area contributed by atoms with Crippen LogP contribution >= 0.6 is 11.3 Å². The molecule has 0 aliphatic carbocycles. The van der Waals surface area contributed by atoms with E-state index in [1.165, 1.54) is 11.3 Å². The van der Waals surface area contributed by atoms with Gasteiger partial charge in [-0.2, -0.15) is 5.10 Å². The van der Waals surface area contributed by atoms with Gasteiger partial charge >= 0.3 is 0 Å². The topological polar surface area (TPSA) is 59.8 Å². The average molecular weight is 326 g/mol. The minimum Gasteiger partial charge on any atom is -0.302 e. The third-order valence-electron chi connectivity index (χ3n) is 3.38. The lowest BCUT2D eigenvalue weighted by molar-refractivity contribution is -0.116. The highest BCUT2D eigenvalue weighted by atomic mass is 32.1. The standard InChI is InChI=1S/C17H18N4OS/c1-3-7-15(22)19-17-18-14(11-23-17)13-10-21(2)20-16(13)12-8-5-4-6-9-12/h4-6,8-11H,3,7H2,1-2H3,(H,18,19,22). The molecule has 5 nitrogen and oxygen atoms in total. The second-order valence-electron chi connectivity index (χ2n) is 5.27. The Hall–Kier alpha value is -2.47. The van der Waals surface area contributed by atoms with Gasteiger partial charge in [0.1, 0.15) is 5.69 Å². The van der Waals surface area contributed by atoms with Crippen molar-refractivity contribution >= 4 is 22.4 Å². The number of carbonyl (C=O) groups excluding carboxylic acids is 1. The van der Waals surface area contributed by atoms with Gasteiger partial charge in [-0.05, 0) is 6.42 Å². The number of rotatable bonds is 5. The molecule has 0 atom stereocenters. The SMILES string of the molecule is CCCC(=O)Nc1nc(-c2cn(C)nc2-c2ccccc2)cs1. The fourth-order valence-corrected chi connectivity index (χ4v) is 3.08. The Morgan fingerprint density at radius 1 is 1.30 bits per heavy atom. The van der Waals surface area contributed by atoms with Crippen molar-refractivity contribution in [3.05, 3.63) is 41.9 Å². The van der Waals surface area contributed by atoms with Crippen LogP contribution in [-0.2, 0) is 11.8 Å². The molecule has 0 bridgehead atoms. The highest BCUT2D eigenvalue weighted by Crippen LogP contribution is 2.32. The molecule has 0 fully saturated rings. The Balaban J connectivity index is 1.91. The summed E-state index contributed by atoms with van der Waals surface area (Å²) in [5.74, 6) is 0.00266. The Morgan fingerprint density at radius 2 is 2.09 bits per heavy atom. The smallest absolute Gasteiger partial charge is 0.226 e. The van der Waals surface area contributed by atoms with Gasteiger partial charge in [-0.3, -0.25) is 9.48 Å². The lowest BCUT2D eigenvalue weighted by Gasteiger charge is -2.00. The van der Waals surface area contributed by atoms with E-state index in [4.69, 9.17) is 0 Å². The minimum absolute atomic E-state index is 0.00266. The predicted octanol–water partition coefficient (Wildman–Crippen LogP) is 3.95. The van der Waals surface area contributed by atoms with Crippen LogP contribution in [0, 0.1) is 0 Å². The highest BCUT2D eigenvalue weighted by molar-refractivity contribution is 7.14. The van der Waals surface area contributed by atoms with Crippen molar-refractivity contribution in [2.24, 2.45) is 7.05 Å². The molecule has 0 saturated carbocycles. The summed E-state index contributed by atoms with van der Waals surface area (Å²) in [6.07, 6.45) is 3.29. The van der Waals surface area contributed by atoms with E-state index in [1.807, 2.05) is 55.9 Å². The first kappa shape index (κ1) is 15.4. The van der Waals surface area contributed by atoms with Crippen LogP contribution in [0.3, 0.4) is 0 Å². The summed E-state index contributed by atoms with van der Waals surface area (Å²) >= 11 is 1.43. The van der Waals surface area contributed by atoms with Crippen molar-refractivity contribution < 1.29 is 4.79 Å². The Labute approximate surface area is 139 Å². The summed E-state index contributed by atoms with van der Waals surface area (Å²) in [6.45, 7) is 1.98. The van der Waals surface area contributed by atoms with E-state index in [1.54, 1.807) is 4.68 Å². The van der Waals surface area contributed by atoms with Gasteiger partial charge in [0.2, 0.25) is 5.91 Å². The second-order valence-corrected chi connectivity index (χ2v) is 6.13. The summed E-state index contributed by atoms with van der Waals surface area (Å²) in [6, 6.07) is 10.0. The molecule has 1 amide bonds. The maximum Gasteiger partial charge on any atom is 0.226 e. The van der Waals surface area contributed by atoms with Crippen LogP contribution in [0.15, 0.2) is 41.9 Å². The van der Waals surface area contributed by atoms with Crippen LogP contribution in [0.5, 0.6) is 0 Å². The van der Waals surface area contributed by atoms with Crippen molar-refractivity contribution in [2.75, 3.05) is 5.32 Å². The normalized spacial score (nSPS) is 10.7. The van der Waals surface area contributed by atoms with E-state index in [-0.39, 0.29) is 5.91 Å². The Bertz CT molecular complexity index is 807. The molecule has 2 heterocycles. The fourth-order valence-electron chi connectivity index (χ4n) is 2.35. The quantitative estimate of drug-likeness (QED) is 0.772. The van der Waals surface area contributed by atoms with E-state index >= 15 is 0 Å². The maximum absolute atomic E-state index is 11.7. The van der Waals surface area contributed by atoms with E-state index in [0.29, 0.717) is 11.6 Å². The van der Waals surface area contributed by atoms with E-state index in [2.05, 4.69) is 15.4 Å². The Morgan fingerprint density at radius 3 is 2.83 bits per heavy atom. The van der Waals surface area contributed by atoms with Gasteiger partial charge in [0, 0.05) is 36.2 Å². The van der Waals surface area contributed by atoms with Crippen LogP contribution in [0.1, 0.15) is 19.8 Å². The number of aromatic nitrogens is 3. The molecule has 0 radical (unpaired) electrons. The minimum atomic E-state index is 0.00266. The third kappa shape index (κ3) is 3.48. The largest absolute Gasteiger partial charge is 0.302 e. The van der Waals surface area contributed by atoms with Gasteiger partial charge in [-0.1, -0.05) is 37.3 Å². The maximum atomic E-state index is 11.7. The van der Waals surface area contributed by atoms with Crippen LogP contribution in [0.4, 0.5) is 5.13 Å². The lowest BCUT2D eigenvalue weighted by atomic mass is 10.1. The zero-order valence-corrected chi connectivity index (χ0v) is 13.9. The van der Waals surface area contributed by atoms with Gasteiger partial charge < -0.3 is 5.32 Å². The van der Waals surface area contributed by atoms with Crippen LogP contribution in [-0.4, -0.2) is 20.7 Å². The lowest BCUT2D eigenvalue weighted by Crippen LogP contribution is -2.10. The molecular weight excluding hydrogens is 308 g/mol. The molecule has 0 unspecified atom stereocenters. The molecule has 1 aromatic carbocycles. The van der Waals surface area contributed by atoms with Crippen molar-refractivity contribution in [1.82, 2.24) is 14.8 Å². The molecular formula is C17H18N4OS. The summed E-state index contributed by atoms with van der Waals surface area (Å²) in [5.41, 5.74) is 3.73. The van der Waals surface area contributed by atoms with E-state index in [0.717, 1.165) is 28.9 Å². The van der Waals surface area contributed by atoms with Gasteiger partial charge in [-0.25, -0.2) is 4.98 Å². The molecule has 3 aromatic rings. The molecule has 6 heteroatoms. The molecule has 0 aliphatic heterocycles. The van der Waals surface area contributed by atoms with E-state index in [9.17, 15) is 4.79 Å². The zero-order valence-electron chi connectivity index (χ0n) is 13.1. The number of aryl methyl sites for hydroxylation is 1. The molecule has 118 valence electrons. The number of nitrogens with zero attached hydrogens (tertiary/aromatic N) is 3. The number of nitrogens with one attached hydrogen (secondary N) is 1. The summed E-state index contributed by atoms with van der Waals surface area (Å²) < 4.78 is 1.78. The molecule has 0 spiro atoms. The number of hydrogen-bond acceptors (Lipinski definition) is 4. The fraction of sp³-hybridized carbons (Fsp3) is 0.235. The first-order chi connectivity index (χ1) is 11.2. The molecule has 1 N–H and O–H groups in total. The summed E-state index contributed by atoms with van der Waals surface area (Å²) in [5, 5.41) is 9.97. The van der Waals surface area contributed by atoms with Crippen molar-refractivity contribution in [1.29, 1.82) is 0 Å². The zero-order chi connectivity index (χ0) is 16.2. The average Bonchev–Trinajstić information content (AvgIpc) is 3.15. The first-order valence-corrected chi connectivity index (χ1v) is 8.40. The van der Waals surface area contributed by atoms with Crippen molar-refractivity contribution in [2.45, 2.75) is 19.8 Å². The number of anilines is 1. The van der Waals surface area contributed by atoms with Gasteiger partial charge in [0.15, 0.2) is 5.13 Å². The number of carbonyl (C=O) groups is 1. The summed E-state index contributed by atoms with van der Waals surface area (Å²) in [4.78, 5) is 16.2. The Kier molecular flexibility index (Phi) is 4.52. The van der Waals surface area contributed by atoms with Crippen LogP contribution < -0.4 is 5.32 Å². The van der Waals surface area contributed by atoms with Gasteiger partial charge in [0.05, 0.1) is 5.69 Å².